The second-order valence-electron chi connectivity index (χ2n) is 10.2. The number of hydrogen-bond donors (Lipinski definition) is 0. The first kappa shape index (κ1) is 23.8. The van der Waals surface area contributed by atoms with Gasteiger partial charge in [-0.15, -0.1) is 0 Å². The number of hydrogen-bond acceptors (Lipinski definition) is 5. The van der Waals surface area contributed by atoms with E-state index in [1.807, 2.05) is 46.3 Å². The van der Waals surface area contributed by atoms with Crippen LogP contribution in [0.4, 0.5) is 11.5 Å². The molecule has 4 heterocycles. The van der Waals surface area contributed by atoms with Gasteiger partial charge in [0.15, 0.2) is 0 Å². The van der Waals surface area contributed by atoms with Crippen molar-refractivity contribution in [3.8, 4) is 0 Å². The van der Waals surface area contributed by atoms with E-state index in [1.165, 1.54) is 6.42 Å². The van der Waals surface area contributed by atoms with E-state index in [9.17, 15) is 9.59 Å². The molecule has 5 rings (SSSR count). The van der Waals surface area contributed by atoms with Crippen molar-refractivity contribution in [1.29, 1.82) is 0 Å². The zero-order chi connectivity index (χ0) is 24.2. The number of piperidine rings is 1. The Kier molecular flexibility index (Phi) is 7.32. The maximum absolute atomic E-state index is 13.4. The minimum absolute atomic E-state index is 0.0728. The zero-order valence-electron chi connectivity index (χ0n) is 20.8. The number of likely N-dealkylation sites (tertiary alicyclic amines) is 1. The zero-order valence-corrected chi connectivity index (χ0v) is 20.8. The van der Waals surface area contributed by atoms with Crippen LogP contribution in [0.1, 0.15) is 31.7 Å². The first-order valence-electron chi connectivity index (χ1n) is 13.2. The van der Waals surface area contributed by atoms with Crippen LogP contribution < -0.4 is 9.80 Å². The van der Waals surface area contributed by atoms with Gasteiger partial charge in [0.1, 0.15) is 5.82 Å². The van der Waals surface area contributed by atoms with Crippen LogP contribution in [0, 0.1) is 11.8 Å². The summed E-state index contributed by atoms with van der Waals surface area (Å²) in [5.74, 6) is 1.57. The number of pyridine rings is 1. The number of aromatic nitrogens is 1. The Morgan fingerprint density at radius 3 is 2.57 bits per heavy atom. The quantitative estimate of drug-likeness (QED) is 0.643. The van der Waals surface area contributed by atoms with E-state index in [2.05, 4.69) is 33.8 Å². The minimum Gasteiger partial charge on any atom is -0.354 e. The van der Waals surface area contributed by atoms with Gasteiger partial charge in [0.05, 0.1) is 5.92 Å². The fraction of sp³-hybridized carbons (Fsp3) is 0.536. The predicted octanol–water partition coefficient (Wildman–Crippen LogP) is 3.06. The summed E-state index contributed by atoms with van der Waals surface area (Å²) in [7, 11) is 0. The molecule has 3 saturated heterocycles. The van der Waals surface area contributed by atoms with Crippen LogP contribution in [0.25, 0.3) is 0 Å². The summed E-state index contributed by atoms with van der Waals surface area (Å²) in [5.41, 5.74) is 2.13. The van der Waals surface area contributed by atoms with Crippen molar-refractivity contribution in [2.45, 2.75) is 32.6 Å². The van der Waals surface area contributed by atoms with Gasteiger partial charge in [-0.3, -0.25) is 14.5 Å². The van der Waals surface area contributed by atoms with E-state index < -0.39 is 0 Å². The number of carbonyl (C=O) groups is 2. The second kappa shape index (κ2) is 10.8. The molecule has 3 aliphatic heterocycles. The fourth-order valence-corrected chi connectivity index (χ4v) is 5.92. The molecule has 186 valence electrons. The van der Waals surface area contributed by atoms with E-state index in [0.717, 1.165) is 75.7 Å². The molecule has 7 heteroatoms. The van der Waals surface area contributed by atoms with Gasteiger partial charge in [-0.05, 0) is 48.9 Å². The molecule has 3 aliphatic rings. The van der Waals surface area contributed by atoms with Gasteiger partial charge in [0.2, 0.25) is 11.8 Å². The number of piperazine rings is 1. The lowest BCUT2D eigenvalue weighted by molar-refractivity contribution is -0.137. The number of carbonyl (C=O) groups excluding carboxylic acids is 2. The largest absolute Gasteiger partial charge is 0.354 e. The van der Waals surface area contributed by atoms with Crippen molar-refractivity contribution < 1.29 is 9.59 Å². The highest BCUT2D eigenvalue weighted by Gasteiger charge is 2.39. The smallest absolute Gasteiger partial charge is 0.228 e. The summed E-state index contributed by atoms with van der Waals surface area (Å²) >= 11 is 0. The van der Waals surface area contributed by atoms with Gasteiger partial charge >= 0.3 is 0 Å². The third-order valence-corrected chi connectivity index (χ3v) is 7.83. The molecular weight excluding hydrogens is 438 g/mol. The molecule has 2 aromatic rings. The van der Waals surface area contributed by atoms with Crippen LogP contribution in [-0.2, 0) is 16.0 Å². The number of amides is 2. The van der Waals surface area contributed by atoms with Crippen molar-refractivity contribution in [3.63, 3.8) is 0 Å². The Balaban J connectivity index is 1.14. The number of para-hydroxylation sites is 1. The van der Waals surface area contributed by atoms with Gasteiger partial charge in [-0.1, -0.05) is 31.2 Å². The van der Waals surface area contributed by atoms with Crippen molar-refractivity contribution in [2.24, 2.45) is 11.8 Å². The lowest BCUT2D eigenvalue weighted by Gasteiger charge is -2.40. The number of benzene rings is 1. The SMILES string of the molecule is CCc1ccccc1N1C[C@@H](C(=O)N2CCC[C@@H](CN3CCN(c4ccccn4)CC3)C2)CC1=O. The Bertz CT molecular complexity index is 1020. The molecule has 2 amide bonds. The van der Waals surface area contributed by atoms with Gasteiger partial charge < -0.3 is 14.7 Å². The first-order valence-corrected chi connectivity index (χ1v) is 13.2. The summed E-state index contributed by atoms with van der Waals surface area (Å²) in [6, 6.07) is 14.1. The third-order valence-electron chi connectivity index (χ3n) is 7.83. The standard InChI is InChI=1S/C28H37N5O2/c1-2-23-9-3-4-10-25(23)33-21-24(18-27(33)34)28(35)32-13-7-8-22(20-32)19-30-14-16-31(17-15-30)26-11-5-6-12-29-26/h3-6,9-12,22,24H,2,7-8,13-21H2,1H3/t22-,24-/m0/s1. The molecule has 0 bridgehead atoms. The Labute approximate surface area is 208 Å². The van der Waals surface area contributed by atoms with E-state index in [4.69, 9.17) is 0 Å². The van der Waals surface area contributed by atoms with Crippen molar-refractivity contribution in [3.05, 3.63) is 54.2 Å². The number of aryl methyl sites for hydroxylation is 1. The monoisotopic (exact) mass is 475 g/mol. The second-order valence-corrected chi connectivity index (χ2v) is 10.2. The Morgan fingerprint density at radius 1 is 1.00 bits per heavy atom. The highest BCUT2D eigenvalue weighted by atomic mass is 16.2. The molecule has 2 atom stereocenters. The van der Waals surface area contributed by atoms with Gasteiger partial charge in [0.25, 0.3) is 0 Å². The molecule has 1 aromatic heterocycles. The predicted molar refractivity (Wildman–Crippen MR) is 138 cm³/mol. The average Bonchev–Trinajstić information content (AvgIpc) is 3.30. The Hall–Kier alpha value is -2.93. The summed E-state index contributed by atoms with van der Waals surface area (Å²) < 4.78 is 0. The summed E-state index contributed by atoms with van der Waals surface area (Å²) in [6.45, 7) is 9.33. The van der Waals surface area contributed by atoms with Crippen LogP contribution in [-0.4, -0.2) is 79.0 Å². The normalized spacial score (nSPS) is 23.7. The maximum atomic E-state index is 13.4. The van der Waals surface area contributed by atoms with Crippen LogP contribution in [0.5, 0.6) is 0 Å². The van der Waals surface area contributed by atoms with Crippen molar-refractivity contribution >= 4 is 23.3 Å². The number of anilines is 2. The topological polar surface area (TPSA) is 60.0 Å². The van der Waals surface area contributed by atoms with Crippen LogP contribution in [0.3, 0.4) is 0 Å². The lowest BCUT2D eigenvalue weighted by atomic mass is 9.95. The molecule has 0 unspecified atom stereocenters. The number of nitrogens with zero attached hydrogens (tertiary/aromatic N) is 5. The highest BCUT2D eigenvalue weighted by molar-refractivity contribution is 6.00. The highest BCUT2D eigenvalue weighted by Crippen LogP contribution is 2.30. The molecular formula is C28H37N5O2. The minimum atomic E-state index is -0.229. The Morgan fingerprint density at radius 2 is 1.80 bits per heavy atom. The van der Waals surface area contributed by atoms with Gasteiger partial charge in [-0.2, -0.15) is 0 Å². The van der Waals surface area contributed by atoms with E-state index in [0.29, 0.717) is 18.9 Å². The average molecular weight is 476 g/mol. The first-order chi connectivity index (χ1) is 17.1. The van der Waals surface area contributed by atoms with E-state index in [-0.39, 0.29) is 17.7 Å². The van der Waals surface area contributed by atoms with E-state index in [1.54, 1.807) is 0 Å². The summed E-state index contributed by atoms with van der Waals surface area (Å²) in [5, 5.41) is 0. The fourth-order valence-electron chi connectivity index (χ4n) is 5.92. The number of rotatable bonds is 6. The molecule has 0 N–H and O–H groups in total. The molecule has 7 nitrogen and oxygen atoms in total. The van der Waals surface area contributed by atoms with Crippen LogP contribution >= 0.6 is 0 Å². The van der Waals surface area contributed by atoms with Gasteiger partial charge in [-0.25, -0.2) is 4.98 Å². The molecule has 1 aromatic carbocycles. The van der Waals surface area contributed by atoms with Crippen LogP contribution in [0.15, 0.2) is 48.7 Å². The van der Waals surface area contributed by atoms with Crippen molar-refractivity contribution in [2.75, 3.05) is 62.2 Å². The lowest BCUT2D eigenvalue weighted by Crippen LogP contribution is -2.51. The molecule has 0 radical (unpaired) electrons. The third kappa shape index (κ3) is 5.35. The molecule has 0 saturated carbocycles. The summed E-state index contributed by atoms with van der Waals surface area (Å²) in [6.07, 6.45) is 5.28. The molecule has 0 spiro atoms. The van der Waals surface area contributed by atoms with Crippen molar-refractivity contribution in [1.82, 2.24) is 14.8 Å². The van der Waals surface area contributed by atoms with Gasteiger partial charge in [0, 0.05) is 70.7 Å². The molecule has 35 heavy (non-hydrogen) atoms. The summed E-state index contributed by atoms with van der Waals surface area (Å²) in [4.78, 5) is 39.5. The maximum Gasteiger partial charge on any atom is 0.228 e. The molecule has 0 aliphatic carbocycles. The van der Waals surface area contributed by atoms with Crippen LogP contribution in [0.2, 0.25) is 0 Å². The van der Waals surface area contributed by atoms with E-state index >= 15 is 0 Å². The molecule has 3 fully saturated rings.